The summed E-state index contributed by atoms with van der Waals surface area (Å²) in [4.78, 5) is 17.6. The molecule has 6 nitrogen and oxygen atoms in total. The highest BCUT2D eigenvalue weighted by molar-refractivity contribution is 6.29. The minimum atomic E-state index is -0.604. The first-order chi connectivity index (χ1) is 8.15. The van der Waals surface area contributed by atoms with Gasteiger partial charge in [0.15, 0.2) is 5.82 Å². The molecule has 0 bridgehead atoms. The Bertz CT molecular complexity index is 580. The van der Waals surface area contributed by atoms with Gasteiger partial charge in [-0.15, -0.1) is 0 Å². The van der Waals surface area contributed by atoms with Gasteiger partial charge in [-0.2, -0.15) is 0 Å². The van der Waals surface area contributed by atoms with Gasteiger partial charge in [0.1, 0.15) is 15.8 Å². The second kappa shape index (κ2) is 4.75. The van der Waals surface area contributed by atoms with Crippen LogP contribution in [0.1, 0.15) is 11.6 Å². The third kappa shape index (κ3) is 2.88. The van der Waals surface area contributed by atoms with Crippen molar-refractivity contribution in [2.45, 2.75) is 0 Å². The van der Waals surface area contributed by atoms with Crippen LogP contribution in [-0.4, -0.2) is 14.9 Å². The average molecular weight is 252 g/mol. The lowest BCUT2D eigenvalue weighted by molar-refractivity contribution is -0.402. The summed E-state index contributed by atoms with van der Waals surface area (Å²) in [6, 6.07) is 4.31. The van der Waals surface area contributed by atoms with Gasteiger partial charge in [0.05, 0.1) is 6.07 Å². The zero-order valence-corrected chi connectivity index (χ0v) is 9.16. The van der Waals surface area contributed by atoms with Crippen LogP contribution in [-0.2, 0) is 0 Å². The highest BCUT2D eigenvalue weighted by Gasteiger charge is 2.09. The van der Waals surface area contributed by atoms with Crippen LogP contribution in [0.5, 0.6) is 0 Å². The van der Waals surface area contributed by atoms with Gasteiger partial charge in [-0.25, -0.2) is 9.97 Å². The van der Waals surface area contributed by atoms with Crippen molar-refractivity contribution in [3.63, 3.8) is 0 Å². The van der Waals surface area contributed by atoms with E-state index in [1.807, 2.05) is 0 Å². The number of halogens is 1. The van der Waals surface area contributed by atoms with Gasteiger partial charge < -0.3 is 4.42 Å². The lowest BCUT2D eigenvalue weighted by Crippen LogP contribution is -1.85. The number of furan rings is 1. The van der Waals surface area contributed by atoms with Gasteiger partial charge in [0.2, 0.25) is 0 Å². The van der Waals surface area contributed by atoms with Crippen molar-refractivity contribution in [2.75, 3.05) is 0 Å². The Morgan fingerprint density at radius 3 is 2.82 bits per heavy atom. The smallest absolute Gasteiger partial charge is 0.401 e. The van der Waals surface area contributed by atoms with Crippen molar-refractivity contribution >= 4 is 29.6 Å². The predicted octanol–water partition coefficient (Wildman–Crippen LogP) is 2.80. The zero-order chi connectivity index (χ0) is 12.3. The Morgan fingerprint density at radius 1 is 1.35 bits per heavy atom. The second-order valence-corrected chi connectivity index (χ2v) is 3.39. The average Bonchev–Trinajstić information content (AvgIpc) is 2.75. The summed E-state index contributed by atoms with van der Waals surface area (Å²) < 4.78 is 4.92. The van der Waals surface area contributed by atoms with E-state index in [-0.39, 0.29) is 5.88 Å². The van der Waals surface area contributed by atoms with E-state index in [9.17, 15) is 10.1 Å². The summed E-state index contributed by atoms with van der Waals surface area (Å²) in [6.07, 6.45) is 4.59. The molecule has 2 heterocycles. The molecule has 0 N–H and O–H groups in total. The third-order valence-electron chi connectivity index (χ3n) is 1.83. The van der Waals surface area contributed by atoms with Crippen LogP contribution in [0.15, 0.2) is 28.8 Å². The third-order valence-corrected chi connectivity index (χ3v) is 2.04. The van der Waals surface area contributed by atoms with Gasteiger partial charge in [-0.1, -0.05) is 11.6 Å². The number of aromatic nitrogens is 2. The van der Waals surface area contributed by atoms with Crippen LogP contribution in [0.3, 0.4) is 0 Å². The summed E-state index contributed by atoms with van der Waals surface area (Å²) in [7, 11) is 0. The maximum Gasteiger partial charge on any atom is 0.433 e. The van der Waals surface area contributed by atoms with E-state index in [1.165, 1.54) is 24.4 Å². The van der Waals surface area contributed by atoms with Crippen LogP contribution in [0.4, 0.5) is 5.88 Å². The summed E-state index contributed by atoms with van der Waals surface area (Å²) in [5.41, 5.74) is 0. The molecule has 17 heavy (non-hydrogen) atoms. The molecule has 0 fully saturated rings. The fraction of sp³-hybridized carbons (Fsp3) is 0. The van der Waals surface area contributed by atoms with Crippen molar-refractivity contribution in [3.05, 3.63) is 51.2 Å². The van der Waals surface area contributed by atoms with Crippen LogP contribution >= 0.6 is 11.6 Å². The molecule has 2 aromatic heterocycles. The first-order valence-electron chi connectivity index (χ1n) is 4.56. The van der Waals surface area contributed by atoms with Crippen molar-refractivity contribution < 1.29 is 9.34 Å². The molecule has 0 spiro atoms. The van der Waals surface area contributed by atoms with E-state index in [4.69, 9.17) is 16.0 Å². The van der Waals surface area contributed by atoms with Crippen LogP contribution < -0.4 is 0 Å². The SMILES string of the molecule is O=[N+]([O-])c1ccc(/C=C/c2nccc(Cl)n2)o1. The Kier molecular flexibility index (Phi) is 3.15. The molecule has 7 heteroatoms. The molecule has 0 aromatic carbocycles. The monoisotopic (exact) mass is 251 g/mol. The van der Waals surface area contributed by atoms with Crippen LogP contribution in [0, 0.1) is 10.1 Å². The Morgan fingerprint density at radius 2 is 2.18 bits per heavy atom. The standard InChI is InChI=1S/C10H6ClN3O3/c11-8-5-6-12-9(13-8)3-1-7-2-4-10(17-7)14(15)16/h1-6H/b3-1+. The minimum Gasteiger partial charge on any atom is -0.401 e. The Balaban J connectivity index is 2.17. The van der Waals surface area contributed by atoms with Crippen LogP contribution in [0.25, 0.3) is 12.2 Å². The molecule has 0 radical (unpaired) electrons. The van der Waals surface area contributed by atoms with E-state index in [0.717, 1.165) is 0 Å². The Labute approximate surface area is 101 Å². The molecule has 0 atom stereocenters. The fourth-order valence-corrected chi connectivity index (χ4v) is 1.26. The molecule has 0 aliphatic rings. The number of hydrogen-bond donors (Lipinski definition) is 0. The van der Waals surface area contributed by atoms with E-state index in [0.29, 0.717) is 16.7 Å². The van der Waals surface area contributed by atoms with Gasteiger partial charge in [0.25, 0.3) is 0 Å². The van der Waals surface area contributed by atoms with E-state index >= 15 is 0 Å². The molecular formula is C10H6ClN3O3. The zero-order valence-electron chi connectivity index (χ0n) is 8.41. The van der Waals surface area contributed by atoms with Crippen molar-refractivity contribution in [1.82, 2.24) is 9.97 Å². The molecule has 86 valence electrons. The molecule has 0 unspecified atom stereocenters. The molecular weight excluding hydrogens is 246 g/mol. The van der Waals surface area contributed by atoms with E-state index < -0.39 is 4.92 Å². The van der Waals surface area contributed by atoms with Crippen molar-refractivity contribution in [3.8, 4) is 0 Å². The van der Waals surface area contributed by atoms with Gasteiger partial charge in [-0.05, 0) is 24.3 Å². The maximum absolute atomic E-state index is 10.4. The van der Waals surface area contributed by atoms with Crippen LogP contribution in [0.2, 0.25) is 5.15 Å². The van der Waals surface area contributed by atoms with Gasteiger partial charge in [0, 0.05) is 6.20 Å². The topological polar surface area (TPSA) is 82.1 Å². The molecule has 0 aliphatic carbocycles. The first kappa shape index (κ1) is 11.3. The minimum absolute atomic E-state index is 0.309. The van der Waals surface area contributed by atoms with Gasteiger partial charge in [-0.3, -0.25) is 10.1 Å². The van der Waals surface area contributed by atoms with E-state index in [1.54, 1.807) is 12.1 Å². The number of rotatable bonds is 3. The second-order valence-electron chi connectivity index (χ2n) is 3.00. The molecule has 2 rings (SSSR count). The number of nitrogens with zero attached hydrogens (tertiary/aromatic N) is 3. The lowest BCUT2D eigenvalue weighted by atomic mass is 10.4. The molecule has 0 aliphatic heterocycles. The quantitative estimate of drug-likeness (QED) is 0.476. The highest BCUT2D eigenvalue weighted by Crippen LogP contribution is 2.17. The van der Waals surface area contributed by atoms with Gasteiger partial charge >= 0.3 is 5.88 Å². The van der Waals surface area contributed by atoms with Crippen molar-refractivity contribution in [2.24, 2.45) is 0 Å². The normalized spacial score (nSPS) is 10.9. The lowest BCUT2D eigenvalue weighted by Gasteiger charge is -1.91. The summed E-state index contributed by atoms with van der Waals surface area (Å²) in [6.45, 7) is 0. The summed E-state index contributed by atoms with van der Waals surface area (Å²) in [5, 5.41) is 10.7. The molecule has 0 saturated heterocycles. The number of nitro groups is 1. The predicted molar refractivity (Wildman–Crippen MR) is 61.3 cm³/mol. The molecule has 0 amide bonds. The molecule has 2 aromatic rings. The highest BCUT2D eigenvalue weighted by atomic mass is 35.5. The summed E-state index contributed by atoms with van der Waals surface area (Å²) in [5.74, 6) is 0.438. The van der Waals surface area contributed by atoms with Crippen molar-refractivity contribution in [1.29, 1.82) is 0 Å². The first-order valence-corrected chi connectivity index (χ1v) is 4.94. The largest absolute Gasteiger partial charge is 0.433 e. The maximum atomic E-state index is 10.4. The van der Waals surface area contributed by atoms with E-state index in [2.05, 4.69) is 9.97 Å². The summed E-state index contributed by atoms with van der Waals surface area (Å²) >= 11 is 5.67. The molecule has 0 saturated carbocycles. The number of hydrogen-bond acceptors (Lipinski definition) is 5. The fourth-order valence-electron chi connectivity index (χ4n) is 1.12. The Hall–Kier alpha value is -2.21.